The summed E-state index contributed by atoms with van der Waals surface area (Å²) in [6.07, 6.45) is 4.87. The number of amides is 1. The van der Waals surface area contributed by atoms with Gasteiger partial charge in [-0.2, -0.15) is 0 Å². The first kappa shape index (κ1) is 13.6. The van der Waals surface area contributed by atoms with Gasteiger partial charge in [-0.3, -0.25) is 0 Å². The highest BCUT2D eigenvalue weighted by Crippen LogP contribution is 2.29. The van der Waals surface area contributed by atoms with Gasteiger partial charge in [0.1, 0.15) is 5.75 Å². The maximum absolute atomic E-state index is 10.6. The van der Waals surface area contributed by atoms with Crippen LogP contribution >= 0.6 is 0 Å². The Morgan fingerprint density at radius 3 is 2.47 bits per heavy atom. The van der Waals surface area contributed by atoms with Gasteiger partial charge in [-0.15, -0.1) is 0 Å². The van der Waals surface area contributed by atoms with E-state index in [-0.39, 0.29) is 0 Å². The molecule has 1 aromatic rings. The van der Waals surface area contributed by atoms with Crippen LogP contribution in [0.3, 0.4) is 0 Å². The predicted molar refractivity (Wildman–Crippen MR) is 76.0 cm³/mol. The van der Waals surface area contributed by atoms with Crippen molar-refractivity contribution in [3.8, 4) is 5.75 Å². The summed E-state index contributed by atoms with van der Waals surface area (Å²) < 4.78 is 4.82. The summed E-state index contributed by atoms with van der Waals surface area (Å²) in [5.74, 6) is 0.485. The fourth-order valence-electron chi connectivity index (χ4n) is 2.40. The number of hydrogen-bond donors (Lipinski definition) is 1. The van der Waals surface area contributed by atoms with Crippen LogP contribution in [0.4, 0.5) is 4.79 Å². The molecule has 0 bridgehead atoms. The van der Waals surface area contributed by atoms with Crippen molar-refractivity contribution >= 4 is 11.7 Å². The maximum Gasteiger partial charge on any atom is 0.409 e. The molecule has 1 amide bonds. The molecule has 0 aliphatic heterocycles. The number of rotatable bonds is 3. The number of allylic oxidation sites excluding steroid dienone is 1. The van der Waals surface area contributed by atoms with E-state index in [0.29, 0.717) is 11.8 Å². The lowest BCUT2D eigenvalue weighted by atomic mass is 9.90. The van der Waals surface area contributed by atoms with Crippen LogP contribution in [0, 0.1) is 0 Å². The second-order valence-electron chi connectivity index (χ2n) is 5.07. The first-order chi connectivity index (χ1) is 9.06. The zero-order valence-electron chi connectivity index (χ0n) is 11.4. The number of nitrogens with zero attached hydrogens (tertiary/aromatic N) is 1. The average molecular weight is 260 g/mol. The van der Waals surface area contributed by atoms with Crippen LogP contribution in [0.25, 0.3) is 5.57 Å². The van der Waals surface area contributed by atoms with Gasteiger partial charge >= 0.3 is 6.09 Å². The summed E-state index contributed by atoms with van der Waals surface area (Å²) >= 11 is 0. The molecule has 102 valence electrons. The van der Waals surface area contributed by atoms with E-state index in [1.165, 1.54) is 17.6 Å². The van der Waals surface area contributed by atoms with Gasteiger partial charge in [0.05, 0.1) is 0 Å². The number of ether oxygens (including phenoxy) is 1. The van der Waals surface area contributed by atoms with Crippen molar-refractivity contribution in [2.24, 2.45) is 5.73 Å². The standard InChI is InChI=1S/C15H20N2O2/c1-17(2)13-7-3-11(4-8-13)12-5-9-14(10-6-12)19-15(16)18/h3,5-6,9-10,13H,4,7-8H2,1-2H3,(H2,16,18). The highest BCUT2D eigenvalue weighted by atomic mass is 16.5. The van der Waals surface area contributed by atoms with Gasteiger partial charge in [0, 0.05) is 6.04 Å². The summed E-state index contributed by atoms with van der Waals surface area (Å²) in [5.41, 5.74) is 7.53. The van der Waals surface area contributed by atoms with Gasteiger partial charge in [0.15, 0.2) is 0 Å². The summed E-state index contributed by atoms with van der Waals surface area (Å²) in [4.78, 5) is 12.9. The van der Waals surface area contributed by atoms with E-state index in [0.717, 1.165) is 12.8 Å². The van der Waals surface area contributed by atoms with Crippen LogP contribution in [-0.2, 0) is 0 Å². The van der Waals surface area contributed by atoms with Crippen LogP contribution in [-0.4, -0.2) is 31.1 Å². The Morgan fingerprint density at radius 1 is 1.32 bits per heavy atom. The van der Waals surface area contributed by atoms with Crippen LogP contribution in [0.1, 0.15) is 24.8 Å². The molecule has 1 aliphatic carbocycles. The van der Waals surface area contributed by atoms with E-state index in [1.807, 2.05) is 12.1 Å². The molecule has 0 spiro atoms. The third kappa shape index (κ3) is 3.58. The van der Waals surface area contributed by atoms with E-state index in [4.69, 9.17) is 10.5 Å². The van der Waals surface area contributed by atoms with Crippen LogP contribution in [0.15, 0.2) is 30.3 Å². The minimum Gasteiger partial charge on any atom is -0.411 e. The third-order valence-electron chi connectivity index (χ3n) is 3.56. The summed E-state index contributed by atoms with van der Waals surface area (Å²) in [6, 6.07) is 8.14. The minimum atomic E-state index is -0.779. The molecule has 2 rings (SSSR count). The number of benzene rings is 1. The molecule has 1 atom stereocenters. The zero-order chi connectivity index (χ0) is 13.8. The molecule has 0 saturated carbocycles. The Morgan fingerprint density at radius 2 is 2.00 bits per heavy atom. The van der Waals surface area contributed by atoms with E-state index in [2.05, 4.69) is 25.1 Å². The van der Waals surface area contributed by atoms with E-state index in [9.17, 15) is 4.79 Å². The number of carbonyl (C=O) groups is 1. The quantitative estimate of drug-likeness (QED) is 0.909. The van der Waals surface area contributed by atoms with Crippen LogP contribution in [0.2, 0.25) is 0 Å². The van der Waals surface area contributed by atoms with Crippen molar-refractivity contribution in [1.29, 1.82) is 0 Å². The van der Waals surface area contributed by atoms with Crippen LogP contribution in [0.5, 0.6) is 5.75 Å². The van der Waals surface area contributed by atoms with Crippen molar-refractivity contribution in [3.63, 3.8) is 0 Å². The molecule has 0 heterocycles. The molecule has 4 heteroatoms. The minimum absolute atomic E-state index is 0.485. The summed E-state index contributed by atoms with van der Waals surface area (Å²) in [7, 11) is 4.25. The second-order valence-corrected chi connectivity index (χ2v) is 5.07. The molecule has 0 fully saturated rings. The number of carbonyl (C=O) groups excluding carboxylic acids is 1. The first-order valence-electron chi connectivity index (χ1n) is 6.49. The molecule has 0 radical (unpaired) electrons. The van der Waals surface area contributed by atoms with Gasteiger partial charge in [0.25, 0.3) is 0 Å². The third-order valence-corrected chi connectivity index (χ3v) is 3.56. The first-order valence-corrected chi connectivity index (χ1v) is 6.49. The van der Waals surface area contributed by atoms with E-state index in [1.54, 1.807) is 12.1 Å². The Kier molecular flexibility index (Phi) is 4.22. The molecule has 1 aromatic carbocycles. The zero-order valence-corrected chi connectivity index (χ0v) is 11.4. The predicted octanol–water partition coefficient (Wildman–Crippen LogP) is 2.64. The van der Waals surface area contributed by atoms with Crippen molar-refractivity contribution in [2.75, 3.05) is 14.1 Å². The van der Waals surface area contributed by atoms with Crippen molar-refractivity contribution in [1.82, 2.24) is 4.90 Å². The fraction of sp³-hybridized carbons (Fsp3) is 0.400. The largest absolute Gasteiger partial charge is 0.411 e. The smallest absolute Gasteiger partial charge is 0.409 e. The van der Waals surface area contributed by atoms with Gasteiger partial charge in [-0.05, 0) is 56.6 Å². The van der Waals surface area contributed by atoms with Crippen molar-refractivity contribution in [3.05, 3.63) is 35.9 Å². The second kappa shape index (κ2) is 5.89. The SMILES string of the molecule is CN(C)C1CC=C(c2ccc(OC(N)=O)cc2)CC1. The molecule has 1 unspecified atom stereocenters. The van der Waals surface area contributed by atoms with Gasteiger partial charge in [-0.1, -0.05) is 18.2 Å². The summed E-state index contributed by atoms with van der Waals surface area (Å²) in [5, 5.41) is 0. The van der Waals surface area contributed by atoms with Gasteiger partial charge in [0.2, 0.25) is 0 Å². The number of primary amides is 1. The highest BCUT2D eigenvalue weighted by Gasteiger charge is 2.16. The van der Waals surface area contributed by atoms with Crippen LogP contribution < -0.4 is 10.5 Å². The summed E-state index contributed by atoms with van der Waals surface area (Å²) in [6.45, 7) is 0. The lowest BCUT2D eigenvalue weighted by molar-refractivity contribution is 0.211. The van der Waals surface area contributed by atoms with Crippen molar-refractivity contribution in [2.45, 2.75) is 25.3 Å². The van der Waals surface area contributed by atoms with E-state index >= 15 is 0 Å². The Hall–Kier alpha value is -1.81. The molecule has 2 N–H and O–H groups in total. The van der Waals surface area contributed by atoms with Crippen molar-refractivity contribution < 1.29 is 9.53 Å². The number of nitrogens with two attached hydrogens (primary N) is 1. The Bertz CT molecular complexity index is 477. The Labute approximate surface area is 113 Å². The molecule has 4 nitrogen and oxygen atoms in total. The van der Waals surface area contributed by atoms with Gasteiger partial charge < -0.3 is 15.4 Å². The molecule has 0 saturated heterocycles. The maximum atomic E-state index is 10.6. The highest BCUT2D eigenvalue weighted by molar-refractivity contribution is 5.70. The topological polar surface area (TPSA) is 55.6 Å². The molecular formula is C15H20N2O2. The van der Waals surface area contributed by atoms with Gasteiger partial charge in [-0.25, -0.2) is 4.79 Å². The molecule has 0 aromatic heterocycles. The lowest BCUT2D eigenvalue weighted by Crippen LogP contribution is -2.28. The molecule has 19 heavy (non-hydrogen) atoms. The normalized spacial score (nSPS) is 19.1. The average Bonchev–Trinajstić information content (AvgIpc) is 2.39. The Balaban J connectivity index is 2.05. The molecule has 1 aliphatic rings. The lowest BCUT2D eigenvalue weighted by Gasteiger charge is -2.27. The fourth-order valence-corrected chi connectivity index (χ4v) is 2.40. The number of hydrogen-bond acceptors (Lipinski definition) is 3. The molecular weight excluding hydrogens is 240 g/mol. The van der Waals surface area contributed by atoms with E-state index < -0.39 is 6.09 Å². The monoisotopic (exact) mass is 260 g/mol.